The second-order valence-corrected chi connectivity index (χ2v) is 5.87. The Labute approximate surface area is 133 Å². The van der Waals surface area contributed by atoms with Crippen LogP contribution in [0.1, 0.15) is 18.9 Å². The van der Waals surface area contributed by atoms with Gasteiger partial charge in [0, 0.05) is 30.5 Å². The summed E-state index contributed by atoms with van der Waals surface area (Å²) in [6.07, 6.45) is 5.39. The van der Waals surface area contributed by atoms with E-state index in [1.54, 1.807) is 7.11 Å². The molecular formula is C15H18BrClN2O. The third-order valence-corrected chi connectivity index (χ3v) is 3.80. The summed E-state index contributed by atoms with van der Waals surface area (Å²) >= 11 is 9.53. The second kappa shape index (κ2) is 7.04. The zero-order valence-electron chi connectivity index (χ0n) is 11.6. The van der Waals surface area contributed by atoms with Crippen molar-refractivity contribution in [3.05, 3.63) is 45.7 Å². The fourth-order valence-corrected chi connectivity index (χ4v) is 3.06. The first-order valence-corrected chi connectivity index (χ1v) is 7.72. The number of rotatable bonds is 6. The zero-order valence-corrected chi connectivity index (χ0v) is 14.0. The van der Waals surface area contributed by atoms with E-state index in [4.69, 9.17) is 16.3 Å². The van der Waals surface area contributed by atoms with Crippen LogP contribution in [0.3, 0.4) is 0 Å². The first kappa shape index (κ1) is 15.3. The van der Waals surface area contributed by atoms with E-state index in [1.165, 1.54) is 5.56 Å². The van der Waals surface area contributed by atoms with Crippen LogP contribution >= 0.6 is 27.5 Å². The van der Waals surface area contributed by atoms with Crippen molar-refractivity contribution < 1.29 is 4.74 Å². The quantitative estimate of drug-likeness (QED) is 0.793. The molecule has 2 aromatic rings. The molecule has 20 heavy (non-hydrogen) atoms. The van der Waals surface area contributed by atoms with Gasteiger partial charge >= 0.3 is 0 Å². The summed E-state index contributed by atoms with van der Waals surface area (Å²) in [6, 6.07) is 5.81. The van der Waals surface area contributed by atoms with Crippen molar-refractivity contribution in [3.63, 3.8) is 0 Å². The standard InChI is InChI=1S/C15H18BrClN2O/c1-3-5-19-6-4-11(10-19)9-18-14-8-12(17)7-13(16)15(14)20-2/h4,6-8,10,18H,3,5,9H2,1-2H3. The lowest BCUT2D eigenvalue weighted by Crippen LogP contribution is -2.01. The Morgan fingerprint density at radius 3 is 2.90 bits per heavy atom. The van der Waals surface area contributed by atoms with E-state index in [0.29, 0.717) is 5.02 Å². The molecule has 0 aliphatic heterocycles. The van der Waals surface area contributed by atoms with E-state index in [0.717, 1.165) is 35.4 Å². The molecular weight excluding hydrogens is 340 g/mol. The number of nitrogens with zero attached hydrogens (tertiary/aromatic N) is 1. The number of hydrogen-bond acceptors (Lipinski definition) is 2. The van der Waals surface area contributed by atoms with Crippen molar-refractivity contribution in [2.75, 3.05) is 12.4 Å². The van der Waals surface area contributed by atoms with Gasteiger partial charge in [-0.2, -0.15) is 0 Å². The predicted molar refractivity (Wildman–Crippen MR) is 87.8 cm³/mol. The van der Waals surface area contributed by atoms with Gasteiger partial charge in [-0.05, 0) is 46.1 Å². The first-order chi connectivity index (χ1) is 9.63. The van der Waals surface area contributed by atoms with Crippen LogP contribution in [0.4, 0.5) is 5.69 Å². The van der Waals surface area contributed by atoms with Crippen LogP contribution in [-0.2, 0) is 13.1 Å². The lowest BCUT2D eigenvalue weighted by Gasteiger charge is -2.13. The van der Waals surface area contributed by atoms with Crippen LogP contribution in [-0.4, -0.2) is 11.7 Å². The average Bonchev–Trinajstić information content (AvgIpc) is 2.84. The first-order valence-electron chi connectivity index (χ1n) is 6.55. The van der Waals surface area contributed by atoms with Crippen molar-refractivity contribution >= 4 is 33.2 Å². The van der Waals surface area contributed by atoms with Crippen LogP contribution in [0.2, 0.25) is 5.02 Å². The Morgan fingerprint density at radius 2 is 2.20 bits per heavy atom. The Balaban J connectivity index is 2.09. The van der Waals surface area contributed by atoms with Gasteiger partial charge in [0.2, 0.25) is 0 Å². The molecule has 0 bridgehead atoms. The largest absolute Gasteiger partial charge is 0.493 e. The maximum absolute atomic E-state index is 6.08. The minimum atomic E-state index is 0.670. The molecule has 3 nitrogen and oxygen atoms in total. The molecule has 2 rings (SSSR count). The van der Waals surface area contributed by atoms with Gasteiger partial charge < -0.3 is 14.6 Å². The van der Waals surface area contributed by atoms with Gasteiger partial charge in [-0.3, -0.25) is 0 Å². The molecule has 1 N–H and O–H groups in total. The van der Waals surface area contributed by atoms with Crippen molar-refractivity contribution in [2.24, 2.45) is 0 Å². The minimum absolute atomic E-state index is 0.670. The Bertz CT molecular complexity index is 583. The number of methoxy groups -OCH3 is 1. The highest BCUT2D eigenvalue weighted by atomic mass is 79.9. The normalized spacial score (nSPS) is 10.6. The van der Waals surface area contributed by atoms with Crippen LogP contribution in [0.25, 0.3) is 0 Å². The van der Waals surface area contributed by atoms with Gasteiger partial charge in [-0.1, -0.05) is 18.5 Å². The van der Waals surface area contributed by atoms with E-state index >= 15 is 0 Å². The summed E-state index contributed by atoms with van der Waals surface area (Å²) in [5, 5.41) is 4.03. The van der Waals surface area contributed by atoms with E-state index in [1.807, 2.05) is 12.1 Å². The molecule has 0 amide bonds. The summed E-state index contributed by atoms with van der Waals surface area (Å²) in [6.45, 7) is 3.96. The molecule has 0 spiro atoms. The third kappa shape index (κ3) is 3.70. The van der Waals surface area contributed by atoms with Gasteiger partial charge in [0.1, 0.15) is 0 Å². The van der Waals surface area contributed by atoms with Gasteiger partial charge in [0.05, 0.1) is 17.3 Å². The summed E-state index contributed by atoms with van der Waals surface area (Å²) < 4.78 is 8.43. The van der Waals surface area contributed by atoms with Crippen molar-refractivity contribution in [1.82, 2.24) is 4.57 Å². The number of aromatic nitrogens is 1. The molecule has 5 heteroatoms. The average molecular weight is 358 g/mol. The molecule has 1 heterocycles. The van der Waals surface area contributed by atoms with E-state index in [2.05, 4.69) is 51.2 Å². The highest BCUT2D eigenvalue weighted by Gasteiger charge is 2.09. The minimum Gasteiger partial charge on any atom is -0.493 e. The Morgan fingerprint density at radius 1 is 1.40 bits per heavy atom. The summed E-state index contributed by atoms with van der Waals surface area (Å²) in [4.78, 5) is 0. The number of anilines is 1. The number of halogens is 2. The molecule has 0 radical (unpaired) electrons. The van der Waals surface area contributed by atoms with Crippen molar-refractivity contribution in [3.8, 4) is 5.75 Å². The van der Waals surface area contributed by atoms with Gasteiger partial charge in [-0.25, -0.2) is 0 Å². The maximum Gasteiger partial charge on any atom is 0.156 e. The number of aryl methyl sites for hydroxylation is 1. The van der Waals surface area contributed by atoms with Crippen molar-refractivity contribution in [1.29, 1.82) is 0 Å². The van der Waals surface area contributed by atoms with Crippen LogP contribution < -0.4 is 10.1 Å². The van der Waals surface area contributed by atoms with Gasteiger partial charge in [0.15, 0.2) is 5.75 Å². The molecule has 0 aliphatic carbocycles. The topological polar surface area (TPSA) is 26.2 Å². The smallest absolute Gasteiger partial charge is 0.156 e. The van der Waals surface area contributed by atoms with E-state index in [-0.39, 0.29) is 0 Å². The molecule has 108 valence electrons. The molecule has 0 unspecified atom stereocenters. The van der Waals surface area contributed by atoms with Crippen LogP contribution in [0.15, 0.2) is 35.1 Å². The highest BCUT2D eigenvalue weighted by molar-refractivity contribution is 9.10. The Kier molecular flexibility index (Phi) is 5.38. The molecule has 0 fully saturated rings. The fraction of sp³-hybridized carbons (Fsp3) is 0.333. The summed E-state index contributed by atoms with van der Waals surface area (Å²) in [7, 11) is 1.65. The number of hydrogen-bond donors (Lipinski definition) is 1. The molecule has 0 atom stereocenters. The number of ether oxygens (including phenoxy) is 1. The number of nitrogens with one attached hydrogen (secondary N) is 1. The molecule has 1 aromatic heterocycles. The predicted octanol–water partition coefficient (Wildman–Crippen LogP) is 4.93. The fourth-order valence-electron chi connectivity index (χ4n) is 2.09. The zero-order chi connectivity index (χ0) is 14.5. The van der Waals surface area contributed by atoms with Crippen LogP contribution in [0.5, 0.6) is 5.75 Å². The SMILES string of the molecule is CCCn1ccc(CNc2cc(Cl)cc(Br)c2OC)c1. The molecule has 0 saturated heterocycles. The molecule has 0 aliphatic rings. The van der Waals surface area contributed by atoms with E-state index in [9.17, 15) is 0 Å². The lowest BCUT2D eigenvalue weighted by atomic mass is 10.2. The van der Waals surface area contributed by atoms with Crippen LogP contribution in [0, 0.1) is 0 Å². The lowest BCUT2D eigenvalue weighted by molar-refractivity contribution is 0.414. The third-order valence-electron chi connectivity index (χ3n) is 2.99. The van der Waals surface area contributed by atoms with Gasteiger partial charge in [-0.15, -0.1) is 0 Å². The van der Waals surface area contributed by atoms with Crippen molar-refractivity contribution in [2.45, 2.75) is 26.4 Å². The highest BCUT2D eigenvalue weighted by Crippen LogP contribution is 2.36. The maximum atomic E-state index is 6.08. The molecule has 1 aromatic carbocycles. The monoisotopic (exact) mass is 356 g/mol. The number of benzene rings is 1. The summed E-state index contributed by atoms with van der Waals surface area (Å²) in [5.74, 6) is 0.766. The van der Waals surface area contributed by atoms with Gasteiger partial charge in [0.25, 0.3) is 0 Å². The Hall–Kier alpha value is -1.13. The second-order valence-electron chi connectivity index (χ2n) is 4.58. The summed E-state index contributed by atoms with van der Waals surface area (Å²) in [5.41, 5.74) is 2.12. The molecule has 0 saturated carbocycles. The van der Waals surface area contributed by atoms with E-state index < -0.39 is 0 Å².